The average Bonchev–Trinajstić information content (AvgIpc) is 2.97. The number of nitrogens with zero attached hydrogens (tertiary/aromatic N) is 2. The Morgan fingerprint density at radius 3 is 2.18 bits per heavy atom. The quantitative estimate of drug-likeness (QED) is 0.433. The van der Waals surface area contributed by atoms with Gasteiger partial charge in [0.25, 0.3) is 11.8 Å². The monoisotopic (exact) mass is 434 g/mol. The van der Waals surface area contributed by atoms with Gasteiger partial charge in [-0.3, -0.25) is 9.59 Å². The van der Waals surface area contributed by atoms with Crippen LogP contribution in [0.5, 0.6) is 5.75 Å². The molecule has 1 heterocycles. The van der Waals surface area contributed by atoms with Crippen molar-refractivity contribution < 1.29 is 14.3 Å². The molecule has 0 saturated heterocycles. The van der Waals surface area contributed by atoms with Crippen LogP contribution in [0.2, 0.25) is 0 Å². The zero-order valence-corrected chi connectivity index (χ0v) is 16.3. The summed E-state index contributed by atoms with van der Waals surface area (Å²) in [4.78, 5) is 24.7. The number of carbonyl (C=O) groups is 2. The van der Waals surface area contributed by atoms with Gasteiger partial charge in [-0.2, -0.15) is 10.1 Å². The smallest absolute Gasteiger partial charge is 0.282 e. The Balaban J connectivity index is 1.46. The van der Waals surface area contributed by atoms with Crippen LogP contribution in [0.15, 0.2) is 82.4 Å². The summed E-state index contributed by atoms with van der Waals surface area (Å²) >= 11 is 3.49. The van der Waals surface area contributed by atoms with Crippen LogP contribution < -0.4 is 4.74 Å². The predicted octanol–water partition coefficient (Wildman–Crippen LogP) is 4.66. The molecule has 4 rings (SSSR count). The Labute approximate surface area is 170 Å². The van der Waals surface area contributed by atoms with Crippen molar-refractivity contribution >= 4 is 34.0 Å². The van der Waals surface area contributed by atoms with E-state index in [0.29, 0.717) is 23.5 Å². The van der Waals surface area contributed by atoms with Crippen molar-refractivity contribution in [2.45, 2.75) is 6.61 Å². The summed E-state index contributed by atoms with van der Waals surface area (Å²) in [5.74, 6) is -0.140. The van der Waals surface area contributed by atoms with Gasteiger partial charge < -0.3 is 4.74 Å². The Hall–Kier alpha value is -3.25. The first-order chi connectivity index (χ1) is 13.6. The van der Waals surface area contributed by atoms with E-state index in [9.17, 15) is 9.59 Å². The number of fused-ring (bicyclic) bond motifs is 1. The van der Waals surface area contributed by atoms with E-state index in [1.54, 1.807) is 24.3 Å². The number of halogens is 1. The van der Waals surface area contributed by atoms with Crippen molar-refractivity contribution in [3.05, 3.63) is 99.5 Å². The molecule has 0 aliphatic carbocycles. The van der Waals surface area contributed by atoms with Crippen molar-refractivity contribution in [2.24, 2.45) is 5.10 Å². The number of hydrogen-bond acceptors (Lipinski definition) is 4. The fraction of sp³-hybridized carbons (Fsp3) is 0.0455. The number of hydrazone groups is 1. The van der Waals surface area contributed by atoms with E-state index in [-0.39, 0.29) is 0 Å². The highest BCUT2D eigenvalue weighted by Gasteiger charge is 2.35. The molecule has 1 aliphatic rings. The second-order valence-corrected chi connectivity index (χ2v) is 7.03. The van der Waals surface area contributed by atoms with Gasteiger partial charge in [-0.25, -0.2) is 0 Å². The largest absolute Gasteiger partial charge is 0.488 e. The lowest BCUT2D eigenvalue weighted by Crippen LogP contribution is -2.23. The highest BCUT2D eigenvalue weighted by atomic mass is 79.9. The van der Waals surface area contributed by atoms with Gasteiger partial charge in [-0.1, -0.05) is 42.5 Å². The van der Waals surface area contributed by atoms with Crippen molar-refractivity contribution in [3.63, 3.8) is 0 Å². The lowest BCUT2D eigenvalue weighted by Gasteiger charge is -2.09. The average molecular weight is 435 g/mol. The molecule has 0 fully saturated rings. The molecular formula is C22H15BrN2O3. The number of ether oxygens (including phenoxy) is 1. The van der Waals surface area contributed by atoms with Gasteiger partial charge in [-0.15, -0.1) is 0 Å². The molecule has 0 spiro atoms. The van der Waals surface area contributed by atoms with Gasteiger partial charge >= 0.3 is 0 Å². The predicted molar refractivity (Wildman–Crippen MR) is 109 cm³/mol. The van der Waals surface area contributed by atoms with Crippen LogP contribution in [0.4, 0.5) is 0 Å². The maximum absolute atomic E-state index is 12.3. The van der Waals surface area contributed by atoms with Gasteiger partial charge in [0.15, 0.2) is 0 Å². The first-order valence-electron chi connectivity index (χ1n) is 8.61. The number of rotatable bonds is 5. The number of imide groups is 1. The van der Waals surface area contributed by atoms with Crippen LogP contribution in [-0.2, 0) is 6.61 Å². The second kappa shape index (κ2) is 7.78. The SMILES string of the molecule is O=C1c2ccccc2C(=O)N1/N=C\c1ccc(OCc2ccccc2)c(Br)c1. The number of hydrogen-bond donors (Lipinski definition) is 0. The Kier molecular flexibility index (Phi) is 5.04. The molecule has 0 bridgehead atoms. The Bertz CT molecular complexity index is 1050. The minimum absolute atomic E-state index is 0.371. The molecule has 0 unspecified atom stereocenters. The number of carbonyl (C=O) groups excluding carboxylic acids is 2. The summed E-state index contributed by atoms with van der Waals surface area (Å²) in [5.41, 5.74) is 2.55. The zero-order valence-electron chi connectivity index (χ0n) is 14.7. The zero-order chi connectivity index (χ0) is 19.5. The van der Waals surface area contributed by atoms with E-state index in [1.165, 1.54) is 6.21 Å². The fourth-order valence-electron chi connectivity index (χ4n) is 2.86. The summed E-state index contributed by atoms with van der Waals surface area (Å²) in [7, 11) is 0. The molecule has 0 N–H and O–H groups in total. The van der Waals surface area contributed by atoms with Crippen LogP contribution >= 0.6 is 15.9 Å². The Morgan fingerprint density at radius 2 is 1.54 bits per heavy atom. The molecule has 1 aliphatic heterocycles. The van der Waals surface area contributed by atoms with Crippen LogP contribution in [0.25, 0.3) is 0 Å². The summed E-state index contributed by atoms with van der Waals surface area (Å²) in [6.07, 6.45) is 1.48. The van der Waals surface area contributed by atoms with Crippen LogP contribution in [0, 0.1) is 0 Å². The van der Waals surface area contributed by atoms with E-state index < -0.39 is 11.8 Å². The summed E-state index contributed by atoms with van der Waals surface area (Å²) in [5, 5.41) is 4.97. The minimum Gasteiger partial charge on any atom is -0.488 e. The van der Waals surface area contributed by atoms with Gasteiger partial charge in [-0.05, 0) is 57.4 Å². The molecule has 28 heavy (non-hydrogen) atoms. The van der Waals surface area contributed by atoms with Crippen molar-refractivity contribution in [1.82, 2.24) is 5.01 Å². The summed E-state index contributed by atoms with van der Waals surface area (Å²) in [6.45, 7) is 0.460. The maximum Gasteiger partial charge on any atom is 0.282 e. The van der Waals surface area contributed by atoms with E-state index >= 15 is 0 Å². The molecule has 3 aromatic carbocycles. The lowest BCUT2D eigenvalue weighted by molar-refractivity contribution is 0.0660. The number of amides is 2. The molecule has 0 aromatic heterocycles. The molecule has 138 valence electrons. The maximum atomic E-state index is 12.3. The topological polar surface area (TPSA) is 59.0 Å². The van der Waals surface area contributed by atoms with Crippen molar-refractivity contribution in [3.8, 4) is 5.75 Å². The van der Waals surface area contributed by atoms with Crippen LogP contribution in [0.3, 0.4) is 0 Å². The Morgan fingerprint density at radius 1 is 0.893 bits per heavy atom. The second-order valence-electron chi connectivity index (χ2n) is 6.18. The molecule has 0 saturated carbocycles. The summed E-state index contributed by atoms with van der Waals surface area (Å²) in [6, 6.07) is 22.0. The third-order valence-corrected chi connectivity index (χ3v) is 4.91. The van der Waals surface area contributed by atoms with Gasteiger partial charge in [0.2, 0.25) is 0 Å². The molecule has 0 radical (unpaired) electrons. The molecule has 6 heteroatoms. The third kappa shape index (κ3) is 3.59. The number of benzene rings is 3. The van der Waals surface area contributed by atoms with E-state index in [2.05, 4.69) is 21.0 Å². The normalized spacial score (nSPS) is 13.2. The van der Waals surface area contributed by atoms with Crippen molar-refractivity contribution in [1.29, 1.82) is 0 Å². The first-order valence-corrected chi connectivity index (χ1v) is 9.41. The minimum atomic E-state index is -0.418. The molecular weight excluding hydrogens is 420 g/mol. The van der Waals surface area contributed by atoms with E-state index in [4.69, 9.17) is 4.74 Å². The standard InChI is InChI=1S/C22H15BrN2O3/c23-19-12-16(10-11-20(19)28-14-15-6-2-1-3-7-15)13-24-25-21(26)17-8-4-5-9-18(17)22(25)27/h1-13H,14H2/b24-13-. The van der Waals surface area contributed by atoms with Gasteiger partial charge in [0.1, 0.15) is 12.4 Å². The van der Waals surface area contributed by atoms with Gasteiger partial charge in [0.05, 0.1) is 21.8 Å². The van der Waals surface area contributed by atoms with Crippen LogP contribution in [0.1, 0.15) is 31.8 Å². The molecule has 5 nitrogen and oxygen atoms in total. The molecule has 0 atom stereocenters. The molecule has 2 amide bonds. The summed E-state index contributed by atoms with van der Waals surface area (Å²) < 4.78 is 6.58. The van der Waals surface area contributed by atoms with Gasteiger partial charge in [0, 0.05) is 0 Å². The highest BCUT2D eigenvalue weighted by molar-refractivity contribution is 9.10. The highest BCUT2D eigenvalue weighted by Crippen LogP contribution is 2.27. The molecule has 3 aromatic rings. The van der Waals surface area contributed by atoms with Crippen molar-refractivity contribution in [2.75, 3.05) is 0 Å². The van der Waals surface area contributed by atoms with E-state index in [1.807, 2.05) is 48.5 Å². The first kappa shape index (κ1) is 18.1. The third-order valence-electron chi connectivity index (χ3n) is 4.29. The van der Waals surface area contributed by atoms with Crippen LogP contribution in [-0.4, -0.2) is 23.0 Å². The van der Waals surface area contributed by atoms with E-state index in [0.717, 1.165) is 20.6 Å². The fourth-order valence-corrected chi connectivity index (χ4v) is 3.37. The lowest BCUT2D eigenvalue weighted by atomic mass is 10.1.